The Morgan fingerprint density at radius 2 is 1.94 bits per heavy atom. The Bertz CT molecular complexity index is 372. The highest BCUT2D eigenvalue weighted by Gasteiger charge is 2.37. The minimum absolute atomic E-state index is 0.244. The number of anilines is 1. The van der Waals surface area contributed by atoms with Crippen LogP contribution in [0.1, 0.15) is 26.5 Å². The highest BCUT2D eigenvalue weighted by molar-refractivity contribution is 6.74. The van der Waals surface area contributed by atoms with Gasteiger partial charge in [0.05, 0.1) is 12.3 Å². The molecule has 0 aliphatic carbocycles. The van der Waals surface area contributed by atoms with Gasteiger partial charge < -0.3 is 9.74 Å². The van der Waals surface area contributed by atoms with Gasteiger partial charge in [0.2, 0.25) is 0 Å². The molecule has 0 aromatic carbocycles. The molecule has 1 heterocycles. The van der Waals surface area contributed by atoms with Gasteiger partial charge in [0.25, 0.3) is 0 Å². The molecule has 3 nitrogen and oxygen atoms in total. The predicted molar refractivity (Wildman–Crippen MR) is 75.8 cm³/mol. The third-order valence-electron chi connectivity index (χ3n) is 3.45. The molecule has 0 saturated carbocycles. The van der Waals surface area contributed by atoms with Crippen molar-refractivity contribution in [1.82, 2.24) is 4.98 Å². The topological polar surface area (TPSA) is 34.1 Å². The summed E-state index contributed by atoms with van der Waals surface area (Å²) in [6.07, 6.45) is 0. The van der Waals surface area contributed by atoms with Gasteiger partial charge in [-0.2, -0.15) is 0 Å². The molecule has 17 heavy (non-hydrogen) atoms. The summed E-state index contributed by atoms with van der Waals surface area (Å²) in [6.45, 7) is 11.9. The van der Waals surface area contributed by atoms with Crippen molar-refractivity contribution in [2.75, 3.05) is 12.4 Å². The van der Waals surface area contributed by atoms with Gasteiger partial charge in [-0.15, -0.1) is 0 Å². The van der Waals surface area contributed by atoms with Crippen molar-refractivity contribution < 1.29 is 4.43 Å². The Morgan fingerprint density at radius 3 is 2.47 bits per heavy atom. The van der Waals surface area contributed by atoms with Crippen LogP contribution in [0, 0.1) is 0 Å². The highest BCUT2D eigenvalue weighted by Crippen LogP contribution is 2.36. The van der Waals surface area contributed by atoms with Crippen LogP contribution in [-0.4, -0.2) is 20.3 Å². The van der Waals surface area contributed by atoms with Crippen LogP contribution in [0.4, 0.5) is 5.82 Å². The Kier molecular flexibility index (Phi) is 4.33. The summed E-state index contributed by atoms with van der Waals surface area (Å²) in [5.41, 5.74) is 0.988. The van der Waals surface area contributed by atoms with Crippen LogP contribution in [-0.2, 0) is 11.0 Å². The van der Waals surface area contributed by atoms with Crippen molar-refractivity contribution in [2.24, 2.45) is 0 Å². The van der Waals surface area contributed by atoms with Gasteiger partial charge in [-0.05, 0) is 30.3 Å². The van der Waals surface area contributed by atoms with Gasteiger partial charge in [-0.3, -0.25) is 0 Å². The lowest BCUT2D eigenvalue weighted by atomic mass is 10.2. The van der Waals surface area contributed by atoms with E-state index in [9.17, 15) is 0 Å². The highest BCUT2D eigenvalue weighted by atomic mass is 28.4. The minimum atomic E-state index is -1.68. The maximum atomic E-state index is 6.13. The molecule has 0 amide bonds. The van der Waals surface area contributed by atoms with E-state index in [1.165, 1.54) is 0 Å². The molecule has 0 spiro atoms. The predicted octanol–water partition coefficient (Wildman–Crippen LogP) is 3.65. The molecule has 0 aliphatic rings. The van der Waals surface area contributed by atoms with E-state index >= 15 is 0 Å². The molecule has 0 bridgehead atoms. The van der Waals surface area contributed by atoms with E-state index in [1.54, 1.807) is 0 Å². The largest absolute Gasteiger partial charge is 0.411 e. The van der Waals surface area contributed by atoms with Gasteiger partial charge in [0, 0.05) is 7.05 Å². The van der Waals surface area contributed by atoms with Gasteiger partial charge in [-0.25, -0.2) is 4.98 Å². The van der Waals surface area contributed by atoms with Gasteiger partial charge in [0.15, 0.2) is 8.32 Å². The Morgan fingerprint density at radius 1 is 1.29 bits per heavy atom. The molecule has 0 unspecified atom stereocenters. The van der Waals surface area contributed by atoms with Crippen molar-refractivity contribution >= 4 is 14.1 Å². The number of hydrogen-bond donors (Lipinski definition) is 1. The van der Waals surface area contributed by atoms with Crippen LogP contribution < -0.4 is 5.32 Å². The fourth-order valence-electron chi connectivity index (χ4n) is 1.17. The summed E-state index contributed by atoms with van der Waals surface area (Å²) in [5.74, 6) is 0.890. The van der Waals surface area contributed by atoms with Crippen molar-refractivity contribution in [3.63, 3.8) is 0 Å². The molecule has 4 heteroatoms. The molecule has 1 aromatic rings. The summed E-state index contributed by atoms with van der Waals surface area (Å²) in [5, 5.41) is 3.28. The second kappa shape index (κ2) is 5.19. The minimum Gasteiger partial charge on any atom is -0.411 e. The fourth-order valence-corrected chi connectivity index (χ4v) is 2.11. The van der Waals surface area contributed by atoms with Crippen molar-refractivity contribution in [2.45, 2.75) is 45.5 Å². The maximum absolute atomic E-state index is 6.13. The number of aromatic nitrogens is 1. The van der Waals surface area contributed by atoms with E-state index in [2.05, 4.69) is 44.2 Å². The van der Waals surface area contributed by atoms with E-state index in [0.29, 0.717) is 6.61 Å². The second-order valence-electron chi connectivity index (χ2n) is 5.81. The van der Waals surface area contributed by atoms with E-state index < -0.39 is 8.32 Å². The van der Waals surface area contributed by atoms with E-state index in [0.717, 1.165) is 11.5 Å². The lowest BCUT2D eigenvalue weighted by Gasteiger charge is -2.36. The molecule has 0 aliphatic heterocycles. The van der Waals surface area contributed by atoms with Crippen LogP contribution in [0.25, 0.3) is 0 Å². The maximum Gasteiger partial charge on any atom is 0.192 e. The van der Waals surface area contributed by atoms with Crippen LogP contribution >= 0.6 is 0 Å². The van der Waals surface area contributed by atoms with Gasteiger partial charge in [0.1, 0.15) is 5.82 Å². The van der Waals surface area contributed by atoms with Gasteiger partial charge >= 0.3 is 0 Å². The zero-order valence-electron chi connectivity index (χ0n) is 11.8. The summed E-state index contributed by atoms with van der Waals surface area (Å²) < 4.78 is 6.13. The van der Waals surface area contributed by atoms with Crippen LogP contribution in [0.2, 0.25) is 18.1 Å². The van der Waals surface area contributed by atoms with Crippen LogP contribution in [0.5, 0.6) is 0 Å². The summed E-state index contributed by atoms with van der Waals surface area (Å²) >= 11 is 0. The summed E-state index contributed by atoms with van der Waals surface area (Å²) in [7, 11) is 0.200. The molecule has 96 valence electrons. The first kappa shape index (κ1) is 14.2. The Labute approximate surface area is 106 Å². The molecule has 1 rings (SSSR count). The normalized spacial score (nSPS) is 12.6. The number of nitrogens with one attached hydrogen (secondary N) is 1. The molecular formula is C13H24N2OSi. The first-order valence-electron chi connectivity index (χ1n) is 6.04. The number of pyridine rings is 1. The van der Waals surface area contributed by atoms with E-state index in [1.807, 2.05) is 25.2 Å². The molecule has 1 aromatic heterocycles. The SMILES string of the molecule is CNc1cccc(CO[Si](C)(C)C(C)(C)C)n1. The zero-order chi connectivity index (χ0) is 13.1. The third kappa shape index (κ3) is 3.82. The van der Waals surface area contributed by atoms with Crippen LogP contribution in [0.15, 0.2) is 18.2 Å². The fraction of sp³-hybridized carbons (Fsp3) is 0.615. The first-order valence-corrected chi connectivity index (χ1v) is 8.95. The Hall–Kier alpha value is -0.873. The van der Waals surface area contributed by atoms with E-state index in [-0.39, 0.29) is 5.04 Å². The lowest BCUT2D eigenvalue weighted by molar-refractivity contribution is 0.272. The quantitative estimate of drug-likeness (QED) is 0.831. The average Bonchev–Trinajstić information content (AvgIpc) is 2.25. The summed E-state index contributed by atoms with van der Waals surface area (Å²) in [6, 6.07) is 5.97. The Balaban J connectivity index is 2.67. The first-order chi connectivity index (χ1) is 7.76. The second-order valence-corrected chi connectivity index (χ2v) is 10.6. The molecule has 0 radical (unpaired) electrons. The standard InChI is InChI=1S/C13H24N2OSi/c1-13(2,3)17(5,6)16-10-11-8-7-9-12(14-4)15-11/h7-9H,10H2,1-6H3,(H,14,15). The van der Waals surface area contributed by atoms with Crippen LogP contribution in [0.3, 0.4) is 0 Å². The zero-order valence-corrected chi connectivity index (χ0v) is 12.8. The van der Waals surface area contributed by atoms with Crippen molar-refractivity contribution in [1.29, 1.82) is 0 Å². The number of hydrogen-bond acceptors (Lipinski definition) is 3. The van der Waals surface area contributed by atoms with E-state index in [4.69, 9.17) is 4.43 Å². The monoisotopic (exact) mass is 252 g/mol. The average molecular weight is 252 g/mol. The molecule has 0 fully saturated rings. The molecule has 0 saturated heterocycles. The van der Waals surface area contributed by atoms with Crippen molar-refractivity contribution in [3.05, 3.63) is 23.9 Å². The molecule has 0 atom stereocenters. The lowest BCUT2D eigenvalue weighted by Crippen LogP contribution is -2.40. The number of nitrogens with zero attached hydrogens (tertiary/aromatic N) is 1. The summed E-state index contributed by atoms with van der Waals surface area (Å²) in [4.78, 5) is 4.46. The smallest absolute Gasteiger partial charge is 0.192 e. The van der Waals surface area contributed by atoms with Crippen molar-refractivity contribution in [3.8, 4) is 0 Å². The number of rotatable bonds is 4. The van der Waals surface area contributed by atoms with Gasteiger partial charge in [-0.1, -0.05) is 26.8 Å². The molecule has 1 N–H and O–H groups in total. The third-order valence-corrected chi connectivity index (χ3v) is 7.93. The molecular weight excluding hydrogens is 228 g/mol.